The Bertz CT molecular complexity index is 419. The molecule has 0 aliphatic heterocycles. The van der Waals surface area contributed by atoms with Crippen molar-refractivity contribution in [2.24, 2.45) is 0 Å². The highest BCUT2D eigenvalue weighted by Crippen LogP contribution is 2.23. The van der Waals surface area contributed by atoms with Crippen LogP contribution in [0.3, 0.4) is 0 Å². The number of hydrogen-bond donors (Lipinski definition) is 0. The third kappa shape index (κ3) is 2.30. The maximum Gasteiger partial charge on any atom is 0.338 e. The SMILES string of the molecule is COC(=O)c1ccc(C(C)(C)C=O)cc1C. The zero-order valence-electron chi connectivity index (χ0n) is 10.0. The predicted octanol–water partition coefficient (Wildman–Crippen LogP) is 2.26. The van der Waals surface area contributed by atoms with Crippen LogP contribution >= 0.6 is 0 Å². The third-order valence-electron chi connectivity index (χ3n) is 2.67. The molecule has 0 bridgehead atoms. The van der Waals surface area contributed by atoms with Crippen LogP contribution in [0.5, 0.6) is 0 Å². The van der Waals surface area contributed by atoms with Gasteiger partial charge in [0, 0.05) is 5.41 Å². The first-order valence-electron chi connectivity index (χ1n) is 5.08. The van der Waals surface area contributed by atoms with Crippen LogP contribution < -0.4 is 0 Å². The van der Waals surface area contributed by atoms with Gasteiger partial charge in [0.1, 0.15) is 6.29 Å². The van der Waals surface area contributed by atoms with Gasteiger partial charge in [-0.2, -0.15) is 0 Å². The number of ether oxygens (including phenoxy) is 1. The lowest BCUT2D eigenvalue weighted by Gasteiger charge is -2.18. The van der Waals surface area contributed by atoms with Gasteiger partial charge in [-0.05, 0) is 38.0 Å². The van der Waals surface area contributed by atoms with Crippen molar-refractivity contribution in [3.8, 4) is 0 Å². The number of methoxy groups -OCH3 is 1. The van der Waals surface area contributed by atoms with Crippen molar-refractivity contribution in [2.75, 3.05) is 7.11 Å². The van der Waals surface area contributed by atoms with Crippen LogP contribution in [0, 0.1) is 6.92 Å². The minimum atomic E-state index is -0.528. The van der Waals surface area contributed by atoms with E-state index >= 15 is 0 Å². The first-order valence-corrected chi connectivity index (χ1v) is 5.08. The van der Waals surface area contributed by atoms with Gasteiger partial charge >= 0.3 is 5.97 Å². The average Bonchev–Trinajstić information content (AvgIpc) is 2.28. The van der Waals surface area contributed by atoms with E-state index in [2.05, 4.69) is 4.74 Å². The first-order chi connectivity index (χ1) is 7.42. The Labute approximate surface area is 95.4 Å². The molecule has 0 saturated heterocycles. The third-order valence-corrected chi connectivity index (χ3v) is 2.67. The van der Waals surface area contributed by atoms with Crippen molar-refractivity contribution in [1.29, 1.82) is 0 Å². The second kappa shape index (κ2) is 4.47. The number of aldehydes is 1. The zero-order valence-corrected chi connectivity index (χ0v) is 10.0. The summed E-state index contributed by atoms with van der Waals surface area (Å²) in [6.07, 6.45) is 0.902. The van der Waals surface area contributed by atoms with Crippen LogP contribution in [0.25, 0.3) is 0 Å². The minimum absolute atomic E-state index is 0.354. The predicted molar refractivity (Wildman–Crippen MR) is 61.6 cm³/mol. The molecule has 0 radical (unpaired) electrons. The maximum absolute atomic E-state index is 11.4. The molecule has 0 atom stereocenters. The highest BCUT2D eigenvalue weighted by atomic mass is 16.5. The molecule has 0 heterocycles. The summed E-state index contributed by atoms with van der Waals surface area (Å²) in [5.41, 5.74) is 1.72. The fourth-order valence-electron chi connectivity index (χ4n) is 1.47. The molecule has 0 saturated carbocycles. The van der Waals surface area contributed by atoms with Gasteiger partial charge < -0.3 is 9.53 Å². The molecule has 1 aromatic rings. The number of carbonyl (C=O) groups excluding carboxylic acids is 2. The molecular formula is C13H16O3. The lowest BCUT2D eigenvalue weighted by molar-refractivity contribution is -0.111. The van der Waals surface area contributed by atoms with E-state index in [1.807, 2.05) is 26.8 Å². The maximum atomic E-state index is 11.4. The van der Waals surface area contributed by atoms with Gasteiger partial charge in [0.2, 0.25) is 0 Å². The van der Waals surface area contributed by atoms with E-state index in [9.17, 15) is 9.59 Å². The van der Waals surface area contributed by atoms with Crippen molar-refractivity contribution in [3.63, 3.8) is 0 Å². The van der Waals surface area contributed by atoms with Crippen LogP contribution in [-0.2, 0) is 14.9 Å². The van der Waals surface area contributed by atoms with Gasteiger partial charge in [0.15, 0.2) is 0 Å². The standard InChI is InChI=1S/C13H16O3/c1-9-7-10(13(2,3)8-14)5-6-11(9)12(15)16-4/h5-8H,1-4H3. The molecule has 0 aromatic heterocycles. The largest absolute Gasteiger partial charge is 0.465 e. The topological polar surface area (TPSA) is 43.4 Å². The fourth-order valence-corrected chi connectivity index (χ4v) is 1.47. The van der Waals surface area contributed by atoms with E-state index in [1.165, 1.54) is 7.11 Å². The van der Waals surface area contributed by atoms with Crippen LogP contribution in [0.2, 0.25) is 0 Å². The summed E-state index contributed by atoms with van der Waals surface area (Å²) in [6, 6.07) is 5.33. The van der Waals surface area contributed by atoms with Gasteiger partial charge in [0.05, 0.1) is 12.7 Å². The molecule has 16 heavy (non-hydrogen) atoms. The summed E-state index contributed by atoms with van der Waals surface area (Å²) in [7, 11) is 1.35. The van der Waals surface area contributed by atoms with Crippen molar-refractivity contribution in [2.45, 2.75) is 26.2 Å². The van der Waals surface area contributed by atoms with Crippen LogP contribution in [0.15, 0.2) is 18.2 Å². The van der Waals surface area contributed by atoms with Gasteiger partial charge in [-0.3, -0.25) is 0 Å². The highest BCUT2D eigenvalue weighted by molar-refractivity contribution is 5.91. The van der Waals surface area contributed by atoms with Crippen molar-refractivity contribution in [1.82, 2.24) is 0 Å². The van der Waals surface area contributed by atoms with E-state index in [-0.39, 0.29) is 5.97 Å². The number of aryl methyl sites for hydroxylation is 1. The summed E-state index contributed by atoms with van der Waals surface area (Å²) in [4.78, 5) is 22.3. The van der Waals surface area contributed by atoms with E-state index in [1.54, 1.807) is 12.1 Å². The lowest BCUT2D eigenvalue weighted by atomic mass is 9.85. The smallest absolute Gasteiger partial charge is 0.338 e. The fraction of sp³-hybridized carbons (Fsp3) is 0.385. The zero-order chi connectivity index (χ0) is 12.3. The molecule has 1 aromatic carbocycles. The van der Waals surface area contributed by atoms with Crippen LogP contribution in [0.1, 0.15) is 35.3 Å². The number of benzene rings is 1. The Morgan fingerprint density at radius 1 is 1.38 bits per heavy atom. The first kappa shape index (κ1) is 12.4. The molecule has 0 unspecified atom stereocenters. The van der Waals surface area contributed by atoms with Crippen LogP contribution in [-0.4, -0.2) is 19.4 Å². The molecule has 0 aliphatic rings. The summed E-state index contributed by atoms with van der Waals surface area (Å²) in [5.74, 6) is -0.354. The molecule has 86 valence electrons. The molecule has 0 aliphatic carbocycles. The Kier molecular flexibility index (Phi) is 3.48. The van der Waals surface area contributed by atoms with Gasteiger partial charge in [-0.25, -0.2) is 4.79 Å². The second-order valence-corrected chi connectivity index (χ2v) is 4.36. The Morgan fingerprint density at radius 3 is 2.44 bits per heavy atom. The van der Waals surface area contributed by atoms with E-state index in [0.29, 0.717) is 5.56 Å². The van der Waals surface area contributed by atoms with Gasteiger partial charge in [-0.1, -0.05) is 12.1 Å². The monoisotopic (exact) mass is 220 g/mol. The van der Waals surface area contributed by atoms with Crippen molar-refractivity contribution < 1.29 is 14.3 Å². The molecule has 0 amide bonds. The normalized spacial score (nSPS) is 11.0. The molecule has 0 N–H and O–H groups in total. The summed E-state index contributed by atoms with van der Waals surface area (Å²) < 4.78 is 4.66. The minimum Gasteiger partial charge on any atom is -0.465 e. The Balaban J connectivity index is 3.19. The van der Waals surface area contributed by atoms with E-state index in [4.69, 9.17) is 0 Å². The number of hydrogen-bond acceptors (Lipinski definition) is 3. The molecular weight excluding hydrogens is 204 g/mol. The second-order valence-electron chi connectivity index (χ2n) is 4.36. The molecule has 0 fully saturated rings. The van der Waals surface area contributed by atoms with Crippen molar-refractivity contribution in [3.05, 3.63) is 34.9 Å². The van der Waals surface area contributed by atoms with E-state index < -0.39 is 5.41 Å². The molecule has 0 spiro atoms. The van der Waals surface area contributed by atoms with Gasteiger partial charge in [0.25, 0.3) is 0 Å². The lowest BCUT2D eigenvalue weighted by Crippen LogP contribution is -2.19. The number of carbonyl (C=O) groups is 2. The quantitative estimate of drug-likeness (QED) is 0.579. The summed E-state index contributed by atoms with van der Waals surface area (Å²) in [5, 5.41) is 0. The Morgan fingerprint density at radius 2 is 2.00 bits per heavy atom. The Hall–Kier alpha value is -1.64. The highest BCUT2D eigenvalue weighted by Gasteiger charge is 2.21. The number of esters is 1. The van der Waals surface area contributed by atoms with Gasteiger partial charge in [-0.15, -0.1) is 0 Å². The number of rotatable bonds is 3. The summed E-state index contributed by atoms with van der Waals surface area (Å²) >= 11 is 0. The summed E-state index contributed by atoms with van der Waals surface area (Å²) in [6.45, 7) is 5.51. The van der Waals surface area contributed by atoms with Crippen molar-refractivity contribution >= 4 is 12.3 Å². The molecule has 1 rings (SSSR count). The average molecular weight is 220 g/mol. The molecule has 3 nitrogen and oxygen atoms in total. The molecule has 3 heteroatoms. The van der Waals surface area contributed by atoms with Crippen LogP contribution in [0.4, 0.5) is 0 Å². The van der Waals surface area contributed by atoms with E-state index in [0.717, 1.165) is 17.4 Å².